The van der Waals surface area contributed by atoms with Crippen LogP contribution in [0.1, 0.15) is 5.89 Å². The third kappa shape index (κ3) is 2.72. The van der Waals surface area contributed by atoms with Gasteiger partial charge in [-0.25, -0.2) is 9.78 Å². The minimum absolute atomic E-state index is 0.208. The molecule has 2 aromatic carbocycles. The van der Waals surface area contributed by atoms with E-state index in [1.165, 1.54) is 0 Å². The van der Waals surface area contributed by atoms with Crippen LogP contribution >= 0.6 is 0 Å². The number of anilines is 2. The molecule has 0 bridgehead atoms. The summed E-state index contributed by atoms with van der Waals surface area (Å²) in [6.07, 6.45) is 0. The number of urea groups is 1. The number of para-hydroxylation sites is 1. The van der Waals surface area contributed by atoms with Crippen LogP contribution in [0.25, 0.3) is 11.1 Å². The molecule has 1 aromatic heterocycles. The van der Waals surface area contributed by atoms with Crippen LogP contribution in [0.4, 0.5) is 16.2 Å². The molecule has 0 spiro atoms. The van der Waals surface area contributed by atoms with Crippen molar-refractivity contribution in [1.82, 2.24) is 4.98 Å². The number of hydrogen-bond acceptors (Lipinski definition) is 3. The first-order valence-electron chi connectivity index (χ1n) is 6.60. The van der Waals surface area contributed by atoms with Crippen molar-refractivity contribution in [3.05, 3.63) is 54.4 Å². The molecular weight excluding hydrogens is 266 g/mol. The van der Waals surface area contributed by atoms with E-state index in [0.717, 1.165) is 11.2 Å². The van der Waals surface area contributed by atoms with E-state index in [9.17, 15) is 4.79 Å². The fraction of sp³-hybridized carbons (Fsp3) is 0.125. The lowest BCUT2D eigenvalue weighted by molar-refractivity contribution is 0.258. The number of aryl methyl sites for hydroxylation is 1. The molecule has 2 amide bonds. The third-order valence-corrected chi connectivity index (χ3v) is 3.19. The van der Waals surface area contributed by atoms with E-state index in [1.54, 1.807) is 37.1 Å². The molecule has 0 aliphatic rings. The molecular formula is C16H15N3O2. The Morgan fingerprint density at radius 2 is 1.95 bits per heavy atom. The maximum absolute atomic E-state index is 12.2. The molecule has 0 radical (unpaired) electrons. The number of carbonyl (C=O) groups excluding carboxylic acids is 1. The van der Waals surface area contributed by atoms with Crippen molar-refractivity contribution >= 4 is 28.5 Å². The number of amides is 2. The van der Waals surface area contributed by atoms with Crippen molar-refractivity contribution in [2.45, 2.75) is 6.92 Å². The summed E-state index contributed by atoms with van der Waals surface area (Å²) in [6.45, 7) is 1.79. The minimum atomic E-state index is -0.208. The largest absolute Gasteiger partial charge is 0.441 e. The van der Waals surface area contributed by atoms with Crippen molar-refractivity contribution < 1.29 is 9.21 Å². The number of nitrogens with zero attached hydrogens (tertiary/aromatic N) is 2. The molecule has 0 saturated heterocycles. The van der Waals surface area contributed by atoms with Crippen LogP contribution in [0.5, 0.6) is 0 Å². The molecule has 106 valence electrons. The first-order valence-corrected chi connectivity index (χ1v) is 6.60. The van der Waals surface area contributed by atoms with Gasteiger partial charge in [-0.2, -0.15) is 0 Å². The summed E-state index contributed by atoms with van der Waals surface area (Å²) in [7, 11) is 1.73. The first kappa shape index (κ1) is 13.2. The number of nitrogens with one attached hydrogen (secondary N) is 1. The van der Waals surface area contributed by atoms with E-state index >= 15 is 0 Å². The molecule has 21 heavy (non-hydrogen) atoms. The summed E-state index contributed by atoms with van der Waals surface area (Å²) in [5.41, 5.74) is 2.95. The van der Waals surface area contributed by atoms with Crippen LogP contribution in [0.2, 0.25) is 0 Å². The Morgan fingerprint density at radius 3 is 2.71 bits per heavy atom. The third-order valence-electron chi connectivity index (χ3n) is 3.19. The van der Waals surface area contributed by atoms with Gasteiger partial charge < -0.3 is 9.73 Å². The normalized spacial score (nSPS) is 10.6. The Kier molecular flexibility index (Phi) is 3.31. The SMILES string of the molecule is Cc1nc2cc(NC(=O)N(C)c3ccccc3)ccc2o1. The highest BCUT2D eigenvalue weighted by Gasteiger charge is 2.11. The van der Waals surface area contributed by atoms with Crippen molar-refractivity contribution in [3.63, 3.8) is 0 Å². The zero-order valence-corrected chi connectivity index (χ0v) is 11.8. The van der Waals surface area contributed by atoms with Crippen LogP contribution in [-0.2, 0) is 0 Å². The molecule has 0 atom stereocenters. The van der Waals surface area contributed by atoms with E-state index in [4.69, 9.17) is 4.42 Å². The number of aromatic nitrogens is 1. The second kappa shape index (κ2) is 5.28. The first-order chi connectivity index (χ1) is 10.1. The van der Waals surface area contributed by atoms with Gasteiger partial charge in [0.1, 0.15) is 5.52 Å². The summed E-state index contributed by atoms with van der Waals surface area (Å²) < 4.78 is 5.41. The average Bonchev–Trinajstić information content (AvgIpc) is 2.86. The second-order valence-corrected chi connectivity index (χ2v) is 4.74. The Balaban J connectivity index is 1.79. The lowest BCUT2D eigenvalue weighted by Gasteiger charge is -2.17. The van der Waals surface area contributed by atoms with Crippen molar-refractivity contribution in [2.75, 3.05) is 17.3 Å². The summed E-state index contributed by atoms with van der Waals surface area (Å²) in [6, 6.07) is 14.6. The van der Waals surface area contributed by atoms with E-state index < -0.39 is 0 Å². The Hall–Kier alpha value is -2.82. The van der Waals surface area contributed by atoms with Crippen LogP contribution < -0.4 is 10.2 Å². The summed E-state index contributed by atoms with van der Waals surface area (Å²) in [4.78, 5) is 18.0. The number of hydrogen-bond donors (Lipinski definition) is 1. The minimum Gasteiger partial charge on any atom is -0.441 e. The van der Waals surface area contributed by atoms with Gasteiger partial charge in [-0.15, -0.1) is 0 Å². The fourth-order valence-corrected chi connectivity index (χ4v) is 2.10. The maximum Gasteiger partial charge on any atom is 0.326 e. The van der Waals surface area contributed by atoms with Gasteiger partial charge in [0.2, 0.25) is 0 Å². The van der Waals surface area contributed by atoms with Crippen molar-refractivity contribution in [1.29, 1.82) is 0 Å². The molecule has 3 aromatic rings. The lowest BCUT2D eigenvalue weighted by atomic mass is 10.3. The maximum atomic E-state index is 12.2. The van der Waals surface area contributed by atoms with Crippen molar-refractivity contribution in [3.8, 4) is 0 Å². The van der Waals surface area contributed by atoms with Gasteiger partial charge in [-0.05, 0) is 30.3 Å². The quantitative estimate of drug-likeness (QED) is 0.777. The predicted octanol–water partition coefficient (Wildman–Crippen LogP) is 3.80. The zero-order valence-electron chi connectivity index (χ0n) is 11.8. The molecule has 0 unspecified atom stereocenters. The molecule has 5 heteroatoms. The molecule has 1 N–H and O–H groups in total. The second-order valence-electron chi connectivity index (χ2n) is 4.74. The summed E-state index contributed by atoms with van der Waals surface area (Å²) in [5.74, 6) is 0.606. The molecule has 0 aliphatic carbocycles. The number of benzene rings is 2. The average molecular weight is 281 g/mol. The molecule has 0 saturated carbocycles. The van der Waals surface area contributed by atoms with E-state index in [1.807, 2.05) is 30.3 Å². The summed E-state index contributed by atoms with van der Waals surface area (Å²) >= 11 is 0. The highest BCUT2D eigenvalue weighted by atomic mass is 16.3. The lowest BCUT2D eigenvalue weighted by Crippen LogP contribution is -2.31. The monoisotopic (exact) mass is 281 g/mol. The molecule has 1 heterocycles. The van der Waals surface area contributed by atoms with Gasteiger partial charge in [0.25, 0.3) is 0 Å². The Labute approximate surface area is 122 Å². The number of carbonyl (C=O) groups is 1. The molecule has 5 nitrogen and oxygen atoms in total. The number of fused-ring (bicyclic) bond motifs is 1. The topological polar surface area (TPSA) is 58.4 Å². The highest BCUT2D eigenvalue weighted by molar-refractivity contribution is 6.02. The van der Waals surface area contributed by atoms with Crippen LogP contribution in [0, 0.1) is 6.92 Å². The van der Waals surface area contributed by atoms with Gasteiger partial charge in [0, 0.05) is 25.3 Å². The van der Waals surface area contributed by atoms with E-state index in [-0.39, 0.29) is 6.03 Å². The van der Waals surface area contributed by atoms with E-state index in [2.05, 4.69) is 10.3 Å². The standard InChI is InChI=1S/C16H15N3O2/c1-11-17-14-10-12(8-9-15(14)21-11)18-16(20)19(2)13-6-4-3-5-7-13/h3-10H,1-2H3,(H,18,20). The highest BCUT2D eigenvalue weighted by Crippen LogP contribution is 2.20. The Bertz CT molecular complexity index is 781. The predicted molar refractivity (Wildman–Crippen MR) is 82.6 cm³/mol. The zero-order chi connectivity index (χ0) is 14.8. The van der Waals surface area contributed by atoms with Gasteiger partial charge in [0.15, 0.2) is 11.5 Å². The van der Waals surface area contributed by atoms with Gasteiger partial charge in [-0.3, -0.25) is 4.90 Å². The number of rotatable bonds is 2. The van der Waals surface area contributed by atoms with Crippen molar-refractivity contribution in [2.24, 2.45) is 0 Å². The van der Waals surface area contributed by atoms with Crippen LogP contribution in [0.3, 0.4) is 0 Å². The molecule has 0 aliphatic heterocycles. The summed E-state index contributed by atoms with van der Waals surface area (Å²) in [5, 5.41) is 2.85. The van der Waals surface area contributed by atoms with Gasteiger partial charge in [-0.1, -0.05) is 18.2 Å². The fourth-order valence-electron chi connectivity index (χ4n) is 2.10. The van der Waals surface area contributed by atoms with Crippen LogP contribution in [0.15, 0.2) is 52.9 Å². The van der Waals surface area contributed by atoms with Crippen LogP contribution in [-0.4, -0.2) is 18.1 Å². The smallest absolute Gasteiger partial charge is 0.326 e. The van der Waals surface area contributed by atoms with Gasteiger partial charge in [0.05, 0.1) is 0 Å². The number of oxazole rings is 1. The molecule has 3 rings (SSSR count). The van der Waals surface area contributed by atoms with E-state index in [0.29, 0.717) is 17.2 Å². The molecule has 0 fully saturated rings. The van der Waals surface area contributed by atoms with Gasteiger partial charge >= 0.3 is 6.03 Å². The Morgan fingerprint density at radius 1 is 1.19 bits per heavy atom.